The lowest BCUT2D eigenvalue weighted by molar-refractivity contribution is -0.113. The minimum atomic E-state index is -0.375. The summed E-state index contributed by atoms with van der Waals surface area (Å²) in [5, 5.41) is 11.8. The minimum Gasteiger partial charge on any atom is -0.462 e. The second kappa shape index (κ2) is 9.97. The Morgan fingerprint density at radius 2 is 2.06 bits per heavy atom. The molecule has 7 nitrogen and oxygen atoms in total. The van der Waals surface area contributed by atoms with Gasteiger partial charge < -0.3 is 14.5 Å². The van der Waals surface area contributed by atoms with Crippen molar-refractivity contribution in [2.75, 3.05) is 17.7 Å². The largest absolute Gasteiger partial charge is 0.462 e. The normalized spacial score (nSPS) is 13.0. The van der Waals surface area contributed by atoms with E-state index in [9.17, 15) is 9.59 Å². The van der Waals surface area contributed by atoms with E-state index in [1.807, 2.05) is 24.3 Å². The number of hydrogen-bond acceptors (Lipinski definition) is 8. The molecule has 10 heteroatoms. The summed E-state index contributed by atoms with van der Waals surface area (Å²) in [5.74, 6) is -0.150. The number of hydrogen-bond donors (Lipinski definition) is 1. The number of nitrogens with one attached hydrogen (secondary N) is 1. The van der Waals surface area contributed by atoms with Crippen molar-refractivity contribution in [2.24, 2.45) is 0 Å². The van der Waals surface area contributed by atoms with Crippen LogP contribution < -0.4 is 5.32 Å². The predicted octanol–water partition coefficient (Wildman–Crippen LogP) is 5.35. The first-order valence-corrected chi connectivity index (χ1v) is 12.5. The van der Waals surface area contributed by atoms with Crippen LogP contribution in [0.3, 0.4) is 0 Å². The third kappa shape index (κ3) is 5.02. The molecular weight excluding hydrogens is 502 g/mol. The van der Waals surface area contributed by atoms with E-state index in [0.717, 1.165) is 57.9 Å². The molecule has 0 radical (unpaired) electrons. The van der Waals surface area contributed by atoms with Crippen LogP contribution in [0.2, 0.25) is 0 Å². The number of nitrogens with zero attached hydrogens (tertiary/aromatic N) is 2. The minimum absolute atomic E-state index is 0.0857. The van der Waals surface area contributed by atoms with Gasteiger partial charge in [0.15, 0.2) is 0 Å². The van der Waals surface area contributed by atoms with Crippen molar-refractivity contribution in [3.05, 3.63) is 44.7 Å². The number of halogens is 1. The van der Waals surface area contributed by atoms with Gasteiger partial charge in [0, 0.05) is 9.35 Å². The first-order valence-electron chi connectivity index (χ1n) is 9.89. The topological polar surface area (TPSA) is 94.3 Å². The van der Waals surface area contributed by atoms with Crippen LogP contribution in [0.4, 0.5) is 5.00 Å². The zero-order valence-electron chi connectivity index (χ0n) is 16.8. The molecule has 0 spiro atoms. The second-order valence-electron chi connectivity index (χ2n) is 6.83. The highest BCUT2D eigenvalue weighted by Crippen LogP contribution is 2.38. The van der Waals surface area contributed by atoms with Gasteiger partial charge in [0.1, 0.15) is 5.00 Å². The molecule has 0 fully saturated rings. The van der Waals surface area contributed by atoms with Gasteiger partial charge in [0.05, 0.1) is 23.5 Å². The molecule has 31 heavy (non-hydrogen) atoms. The van der Waals surface area contributed by atoms with E-state index in [0.29, 0.717) is 28.3 Å². The quantitative estimate of drug-likeness (QED) is 0.330. The molecule has 1 N–H and O–H groups in total. The number of fused-ring (bicyclic) bond motifs is 1. The fourth-order valence-electron chi connectivity index (χ4n) is 3.37. The van der Waals surface area contributed by atoms with Crippen molar-refractivity contribution < 1.29 is 18.7 Å². The summed E-state index contributed by atoms with van der Waals surface area (Å²) in [6, 6.07) is 7.54. The van der Waals surface area contributed by atoms with E-state index in [4.69, 9.17) is 9.15 Å². The highest BCUT2D eigenvalue weighted by atomic mass is 79.9. The Morgan fingerprint density at radius 1 is 1.26 bits per heavy atom. The monoisotopic (exact) mass is 521 g/mol. The van der Waals surface area contributed by atoms with Gasteiger partial charge in [-0.3, -0.25) is 4.79 Å². The zero-order valence-corrected chi connectivity index (χ0v) is 20.0. The number of thiophene rings is 1. The molecule has 1 amide bonds. The standard InChI is InChI=1S/C21H20BrN3O4S2/c1-2-28-20(27)17-13-8-4-6-10-15(13)31-19(17)23-16(26)11-30-21-25-24-18(29-21)12-7-3-5-9-14(12)22/h3,5,7,9H,2,4,6,8,10-11H2,1H3,(H,23,26). The number of anilines is 1. The van der Waals surface area contributed by atoms with Crippen LogP contribution in [0.5, 0.6) is 0 Å². The number of aromatic nitrogens is 2. The van der Waals surface area contributed by atoms with Crippen LogP contribution in [-0.4, -0.2) is 34.4 Å². The van der Waals surface area contributed by atoms with E-state index < -0.39 is 0 Å². The van der Waals surface area contributed by atoms with Crippen molar-refractivity contribution in [3.63, 3.8) is 0 Å². The number of carbonyl (C=O) groups is 2. The number of benzene rings is 1. The van der Waals surface area contributed by atoms with Crippen LogP contribution >= 0.6 is 39.0 Å². The number of esters is 1. The molecule has 0 aliphatic heterocycles. The van der Waals surface area contributed by atoms with Crippen molar-refractivity contribution in [2.45, 2.75) is 37.8 Å². The lowest BCUT2D eigenvalue weighted by Crippen LogP contribution is -2.17. The van der Waals surface area contributed by atoms with Crippen LogP contribution in [-0.2, 0) is 22.4 Å². The van der Waals surface area contributed by atoms with Gasteiger partial charge >= 0.3 is 5.97 Å². The van der Waals surface area contributed by atoms with E-state index in [1.54, 1.807) is 6.92 Å². The summed E-state index contributed by atoms with van der Waals surface area (Å²) in [5.41, 5.74) is 2.32. The number of amides is 1. The predicted molar refractivity (Wildman–Crippen MR) is 124 cm³/mol. The van der Waals surface area contributed by atoms with Crippen molar-refractivity contribution in [1.29, 1.82) is 0 Å². The molecule has 3 aromatic rings. The Morgan fingerprint density at radius 3 is 2.87 bits per heavy atom. The molecule has 162 valence electrons. The molecule has 0 atom stereocenters. The van der Waals surface area contributed by atoms with Crippen LogP contribution in [0.25, 0.3) is 11.5 Å². The molecule has 0 bridgehead atoms. The number of ether oxygens (including phenoxy) is 1. The third-order valence-electron chi connectivity index (χ3n) is 4.74. The zero-order chi connectivity index (χ0) is 21.8. The Hall–Kier alpha value is -2.17. The molecule has 2 heterocycles. The fourth-order valence-corrected chi connectivity index (χ4v) is 5.69. The van der Waals surface area contributed by atoms with Gasteiger partial charge in [-0.2, -0.15) is 0 Å². The highest BCUT2D eigenvalue weighted by molar-refractivity contribution is 9.10. The summed E-state index contributed by atoms with van der Waals surface area (Å²) >= 11 is 6.08. The average Bonchev–Trinajstić information content (AvgIpc) is 3.37. The summed E-state index contributed by atoms with van der Waals surface area (Å²) in [4.78, 5) is 26.3. The average molecular weight is 522 g/mol. The Bertz CT molecular complexity index is 1110. The molecule has 1 aromatic carbocycles. The van der Waals surface area contributed by atoms with Crippen molar-refractivity contribution in [3.8, 4) is 11.5 Å². The fraction of sp³-hybridized carbons (Fsp3) is 0.333. The van der Waals surface area contributed by atoms with Crippen LogP contribution in [0.1, 0.15) is 40.6 Å². The lowest BCUT2D eigenvalue weighted by Gasteiger charge is -2.12. The van der Waals surface area contributed by atoms with Crippen LogP contribution in [0.15, 0.2) is 38.4 Å². The SMILES string of the molecule is CCOC(=O)c1c(NC(=O)CSc2nnc(-c3ccccc3Br)o2)sc2c1CCCC2. The van der Waals surface area contributed by atoms with E-state index in [1.165, 1.54) is 11.3 Å². The Balaban J connectivity index is 1.43. The summed E-state index contributed by atoms with van der Waals surface area (Å²) < 4.78 is 11.8. The van der Waals surface area contributed by atoms with Gasteiger partial charge in [0.25, 0.3) is 5.22 Å². The van der Waals surface area contributed by atoms with E-state index in [2.05, 4.69) is 31.4 Å². The number of aryl methyl sites for hydroxylation is 1. The summed E-state index contributed by atoms with van der Waals surface area (Å²) in [6.07, 6.45) is 3.90. The van der Waals surface area contributed by atoms with Crippen LogP contribution in [0, 0.1) is 0 Å². The maximum atomic E-state index is 12.6. The maximum Gasteiger partial charge on any atom is 0.341 e. The maximum absolute atomic E-state index is 12.6. The Kier molecular flexibility index (Phi) is 7.09. The lowest BCUT2D eigenvalue weighted by atomic mass is 9.95. The number of carbonyl (C=O) groups excluding carboxylic acids is 2. The summed E-state index contributed by atoms with van der Waals surface area (Å²) in [6.45, 7) is 2.07. The first-order chi connectivity index (χ1) is 15.1. The van der Waals surface area contributed by atoms with Gasteiger partial charge in [-0.15, -0.1) is 21.5 Å². The highest BCUT2D eigenvalue weighted by Gasteiger charge is 2.27. The Labute approximate surface area is 196 Å². The molecule has 0 saturated heterocycles. The molecule has 2 aromatic heterocycles. The number of rotatable bonds is 7. The van der Waals surface area contributed by atoms with Crippen molar-refractivity contribution in [1.82, 2.24) is 10.2 Å². The molecule has 1 aliphatic carbocycles. The van der Waals surface area contributed by atoms with Crippen molar-refractivity contribution >= 4 is 55.9 Å². The van der Waals surface area contributed by atoms with Gasteiger partial charge in [0.2, 0.25) is 11.8 Å². The second-order valence-corrected chi connectivity index (χ2v) is 9.71. The molecular formula is C21H20BrN3O4S2. The number of thioether (sulfide) groups is 1. The first kappa shape index (κ1) is 22.0. The smallest absolute Gasteiger partial charge is 0.341 e. The molecule has 0 unspecified atom stereocenters. The van der Waals surface area contributed by atoms with Gasteiger partial charge in [-0.25, -0.2) is 4.79 Å². The van der Waals surface area contributed by atoms with E-state index >= 15 is 0 Å². The van der Waals surface area contributed by atoms with E-state index in [-0.39, 0.29) is 17.6 Å². The molecule has 4 rings (SSSR count). The summed E-state index contributed by atoms with van der Waals surface area (Å²) in [7, 11) is 0. The third-order valence-corrected chi connectivity index (χ3v) is 7.46. The molecule has 1 aliphatic rings. The van der Waals surface area contributed by atoms with Gasteiger partial charge in [-0.1, -0.05) is 23.9 Å². The van der Waals surface area contributed by atoms with Gasteiger partial charge in [-0.05, 0) is 66.2 Å². The molecule has 0 saturated carbocycles.